The molecule has 0 radical (unpaired) electrons. The molecule has 1 aromatic heterocycles. The number of benzene rings is 2. The van der Waals surface area contributed by atoms with Crippen LogP contribution in [0.15, 0.2) is 58.1 Å². The third-order valence-corrected chi connectivity index (χ3v) is 4.98. The monoisotopic (exact) mass is 351 g/mol. The molecule has 26 heavy (non-hydrogen) atoms. The number of hydrogen-bond acceptors (Lipinski definition) is 2. The van der Waals surface area contributed by atoms with Gasteiger partial charge in [-0.1, -0.05) is 70.0 Å². The summed E-state index contributed by atoms with van der Waals surface area (Å²) in [5.41, 5.74) is -0.967. The lowest BCUT2D eigenvalue weighted by molar-refractivity contribution is 0.327. The molecule has 3 nitrogen and oxygen atoms in total. The summed E-state index contributed by atoms with van der Waals surface area (Å²) in [6.45, 7) is 10.2. The van der Waals surface area contributed by atoms with Crippen molar-refractivity contribution in [2.24, 2.45) is 0 Å². The van der Waals surface area contributed by atoms with Crippen molar-refractivity contribution in [1.29, 1.82) is 0 Å². The Labute approximate surface area is 155 Å². The van der Waals surface area contributed by atoms with E-state index in [2.05, 4.69) is 13.8 Å². The summed E-state index contributed by atoms with van der Waals surface area (Å²) in [7, 11) is 0. The Bertz CT molecular complexity index is 941. The Hall–Kier alpha value is -2.42. The molecule has 0 unspecified atom stereocenters. The maximum atomic E-state index is 13.0. The molecule has 0 fully saturated rings. The summed E-state index contributed by atoms with van der Waals surface area (Å²) in [5.74, 6) is 0. The van der Waals surface area contributed by atoms with Gasteiger partial charge in [-0.3, -0.25) is 14.2 Å². The molecule has 0 spiro atoms. The van der Waals surface area contributed by atoms with E-state index in [0.29, 0.717) is 17.2 Å². The molecule has 138 valence electrons. The van der Waals surface area contributed by atoms with Crippen molar-refractivity contribution in [2.75, 3.05) is 0 Å². The predicted octanol–water partition coefficient (Wildman–Crippen LogP) is 5.47. The van der Waals surface area contributed by atoms with Crippen LogP contribution >= 0.6 is 0 Å². The van der Waals surface area contributed by atoms with Gasteiger partial charge in [-0.05, 0) is 43.2 Å². The first-order valence-corrected chi connectivity index (χ1v) is 9.46. The van der Waals surface area contributed by atoms with E-state index < -0.39 is 5.54 Å². The molecule has 0 N–H and O–H groups in total. The van der Waals surface area contributed by atoms with Gasteiger partial charge >= 0.3 is 0 Å². The second kappa shape index (κ2) is 8.31. The maximum Gasteiger partial charge on any atom is 0.261 e. The Morgan fingerprint density at radius 3 is 1.35 bits per heavy atom. The van der Waals surface area contributed by atoms with Crippen LogP contribution in [-0.4, -0.2) is 4.57 Å². The van der Waals surface area contributed by atoms with Crippen molar-refractivity contribution >= 4 is 21.5 Å². The highest BCUT2D eigenvalue weighted by Crippen LogP contribution is 2.22. The summed E-state index contributed by atoms with van der Waals surface area (Å²) >= 11 is 0. The van der Waals surface area contributed by atoms with E-state index in [0.717, 1.165) is 10.8 Å². The number of rotatable bonds is 3. The number of hydrogen-bond donors (Lipinski definition) is 0. The second-order valence-electron chi connectivity index (χ2n) is 7.20. The lowest BCUT2D eigenvalue weighted by atomic mass is 10.0. The highest BCUT2D eigenvalue weighted by Gasteiger charge is 2.23. The zero-order valence-corrected chi connectivity index (χ0v) is 16.5. The van der Waals surface area contributed by atoms with Gasteiger partial charge in [0.1, 0.15) is 0 Å². The summed E-state index contributed by atoms with van der Waals surface area (Å²) in [6, 6.07) is 14.9. The lowest BCUT2D eigenvalue weighted by Gasteiger charge is -2.24. The molecule has 3 heteroatoms. The Morgan fingerprint density at radius 1 is 0.692 bits per heavy atom. The topological polar surface area (TPSA) is 39.1 Å². The lowest BCUT2D eigenvalue weighted by Crippen LogP contribution is -2.43. The summed E-state index contributed by atoms with van der Waals surface area (Å²) < 4.78 is 1.41. The van der Waals surface area contributed by atoms with Gasteiger partial charge in [0.25, 0.3) is 11.1 Å². The van der Waals surface area contributed by atoms with Crippen molar-refractivity contribution in [1.82, 2.24) is 4.57 Å². The van der Waals surface area contributed by atoms with Crippen molar-refractivity contribution in [3.8, 4) is 0 Å². The summed E-state index contributed by atoms with van der Waals surface area (Å²) in [6.07, 6.45) is 3.34. The van der Waals surface area contributed by atoms with Crippen molar-refractivity contribution in [3.05, 3.63) is 69.2 Å². The van der Waals surface area contributed by atoms with Crippen molar-refractivity contribution < 1.29 is 0 Å². The van der Waals surface area contributed by atoms with Gasteiger partial charge in [-0.15, -0.1) is 0 Å². The molecule has 1 heterocycles. The number of aromatic nitrogens is 1. The smallest absolute Gasteiger partial charge is 0.261 e. The highest BCUT2D eigenvalue weighted by atomic mass is 16.2. The molecular formula is C23H29NO2. The number of unbranched alkanes of at least 4 members (excludes halogenated alkanes) is 1. The molecule has 0 atom stereocenters. The zero-order valence-electron chi connectivity index (χ0n) is 16.5. The van der Waals surface area contributed by atoms with Gasteiger partial charge in [0.15, 0.2) is 0 Å². The average molecular weight is 351 g/mol. The molecular weight excluding hydrogens is 322 g/mol. The molecule has 3 aromatic rings. The quantitative estimate of drug-likeness (QED) is 0.628. The normalized spacial score (nSPS) is 11.3. The fraction of sp³-hybridized carbons (Fsp3) is 0.391. The largest absolute Gasteiger partial charge is 0.269 e. The van der Waals surface area contributed by atoms with Crippen LogP contribution in [0.4, 0.5) is 0 Å². The van der Waals surface area contributed by atoms with E-state index in [1.807, 2.05) is 57.2 Å². The van der Waals surface area contributed by atoms with Gasteiger partial charge < -0.3 is 0 Å². The van der Waals surface area contributed by atoms with Crippen LogP contribution in [0.2, 0.25) is 0 Å². The predicted molar refractivity (Wildman–Crippen MR) is 112 cm³/mol. The molecule has 3 rings (SSSR count). The van der Waals surface area contributed by atoms with Gasteiger partial charge in [0.05, 0.1) is 0 Å². The minimum atomic E-state index is -0.529. The summed E-state index contributed by atoms with van der Waals surface area (Å²) in [4.78, 5) is 26.1. The van der Waals surface area contributed by atoms with Crippen LogP contribution in [0.5, 0.6) is 0 Å². The van der Waals surface area contributed by atoms with Gasteiger partial charge in [0, 0.05) is 16.3 Å². The standard InChI is InChI=1S/C19H19NO2.C4H10/c1-4-19(2,3)20-17(21)15-11-7-5-9-13(15)14-10-6-8-12-16(14)18(20)22;1-3-4-2/h5-12H,4H2,1-3H3;3-4H2,1-2H3. The zero-order chi connectivity index (χ0) is 19.3. The van der Waals surface area contributed by atoms with Gasteiger partial charge in [-0.2, -0.15) is 0 Å². The first-order valence-electron chi connectivity index (χ1n) is 9.46. The van der Waals surface area contributed by atoms with E-state index in [1.165, 1.54) is 17.4 Å². The van der Waals surface area contributed by atoms with Gasteiger partial charge in [0.2, 0.25) is 0 Å². The molecule has 0 aliphatic heterocycles. The van der Waals surface area contributed by atoms with E-state index in [-0.39, 0.29) is 11.1 Å². The fourth-order valence-corrected chi connectivity index (χ4v) is 2.85. The van der Waals surface area contributed by atoms with E-state index in [4.69, 9.17) is 0 Å². The van der Waals surface area contributed by atoms with Crippen LogP contribution in [-0.2, 0) is 5.54 Å². The number of nitrogens with zero attached hydrogens (tertiary/aromatic N) is 1. The minimum Gasteiger partial charge on any atom is -0.269 e. The van der Waals surface area contributed by atoms with Crippen molar-refractivity contribution in [3.63, 3.8) is 0 Å². The van der Waals surface area contributed by atoms with Crippen molar-refractivity contribution in [2.45, 2.75) is 59.4 Å². The molecule has 0 aliphatic rings. The highest BCUT2D eigenvalue weighted by molar-refractivity contribution is 6.05. The molecule has 0 saturated heterocycles. The first kappa shape index (κ1) is 19.9. The van der Waals surface area contributed by atoms with E-state index in [9.17, 15) is 9.59 Å². The molecule has 0 bridgehead atoms. The van der Waals surface area contributed by atoms with Gasteiger partial charge in [-0.25, -0.2) is 0 Å². The van der Waals surface area contributed by atoms with E-state index >= 15 is 0 Å². The first-order chi connectivity index (χ1) is 12.4. The molecule has 0 amide bonds. The molecule has 0 saturated carbocycles. The second-order valence-corrected chi connectivity index (χ2v) is 7.20. The Balaban J connectivity index is 0.000000552. The van der Waals surface area contributed by atoms with Crippen LogP contribution in [0.1, 0.15) is 53.9 Å². The third-order valence-electron chi connectivity index (χ3n) is 4.98. The molecule has 2 aromatic carbocycles. The maximum absolute atomic E-state index is 13.0. The fourth-order valence-electron chi connectivity index (χ4n) is 2.85. The SMILES string of the molecule is CCC(C)(C)n1c(=O)c2ccccc2c2ccccc2c1=O.CCCC. The number of fused-ring (bicyclic) bond motifs is 3. The Kier molecular flexibility index (Phi) is 6.36. The average Bonchev–Trinajstić information content (AvgIpc) is 2.76. The van der Waals surface area contributed by atoms with Crippen LogP contribution in [0, 0.1) is 0 Å². The van der Waals surface area contributed by atoms with Crippen LogP contribution in [0.3, 0.4) is 0 Å². The third kappa shape index (κ3) is 3.72. The Morgan fingerprint density at radius 2 is 1.04 bits per heavy atom. The van der Waals surface area contributed by atoms with Crippen LogP contribution < -0.4 is 11.1 Å². The van der Waals surface area contributed by atoms with E-state index in [1.54, 1.807) is 12.1 Å². The summed E-state index contributed by atoms with van der Waals surface area (Å²) in [5, 5.41) is 2.82. The molecule has 0 aliphatic carbocycles. The van der Waals surface area contributed by atoms with Crippen LogP contribution in [0.25, 0.3) is 21.5 Å². The minimum absolute atomic E-state index is 0.219.